The number of aryl methyl sites for hydroxylation is 1. The van der Waals surface area contributed by atoms with Gasteiger partial charge in [-0.15, -0.1) is 0 Å². The van der Waals surface area contributed by atoms with Crippen LogP contribution in [0.4, 0.5) is 10.6 Å². The number of carboxylic acid groups (broad SMARTS) is 1. The highest BCUT2D eigenvalue weighted by Gasteiger charge is 2.42. The zero-order valence-corrected chi connectivity index (χ0v) is 26.1. The number of piperidine rings is 1. The molecule has 3 aromatic heterocycles. The molecule has 13 heteroatoms. The molecular weight excluding hydrogens is 574 g/mol. The number of fused-ring (bicyclic) bond motifs is 4. The van der Waals surface area contributed by atoms with Crippen molar-refractivity contribution < 1.29 is 14.6 Å². The minimum Gasteiger partial charge on any atom is -0.465 e. The fourth-order valence-corrected chi connectivity index (χ4v) is 7.41. The van der Waals surface area contributed by atoms with Crippen LogP contribution in [0, 0.1) is 0 Å². The van der Waals surface area contributed by atoms with Crippen molar-refractivity contribution in [1.82, 2.24) is 29.4 Å². The van der Waals surface area contributed by atoms with Crippen molar-refractivity contribution >= 4 is 53.7 Å². The molecule has 0 radical (unpaired) electrons. The summed E-state index contributed by atoms with van der Waals surface area (Å²) in [4.78, 5) is 40.9. The number of nitrogens with one attached hydrogen (secondary N) is 1. The maximum absolute atomic E-state index is 13.0. The third-order valence-electron chi connectivity index (χ3n) is 8.42. The Kier molecular flexibility index (Phi) is 7.48. The Morgan fingerprint density at radius 1 is 1.17 bits per heavy atom. The highest BCUT2D eigenvalue weighted by Crippen LogP contribution is 2.41. The van der Waals surface area contributed by atoms with E-state index < -0.39 is 14.2 Å². The van der Waals surface area contributed by atoms with Gasteiger partial charge in [0.25, 0.3) is 5.56 Å². The Hall–Kier alpha value is -3.48. The van der Waals surface area contributed by atoms with Gasteiger partial charge in [0.15, 0.2) is 5.65 Å². The van der Waals surface area contributed by atoms with Gasteiger partial charge in [0.05, 0.1) is 28.4 Å². The molecule has 2 saturated heterocycles. The number of hydrogen-bond donors (Lipinski definition) is 2. The highest BCUT2D eigenvalue weighted by molar-refractivity contribution is 6.76. The van der Waals surface area contributed by atoms with Gasteiger partial charge < -0.3 is 29.2 Å². The van der Waals surface area contributed by atoms with Gasteiger partial charge in [-0.1, -0.05) is 37.3 Å². The van der Waals surface area contributed by atoms with Gasteiger partial charge in [-0.3, -0.25) is 4.79 Å². The van der Waals surface area contributed by atoms with Gasteiger partial charge in [0.2, 0.25) is 0 Å². The fraction of sp³-hybridized carbons (Fsp3) is 0.483. The zero-order valence-electron chi connectivity index (χ0n) is 24.3. The van der Waals surface area contributed by atoms with Crippen molar-refractivity contribution in [2.24, 2.45) is 7.05 Å². The second kappa shape index (κ2) is 11.0. The number of anilines is 1. The Labute approximate surface area is 249 Å². The summed E-state index contributed by atoms with van der Waals surface area (Å²) in [6, 6.07) is 5.06. The van der Waals surface area contributed by atoms with Crippen LogP contribution in [0.25, 0.3) is 33.2 Å². The number of benzene rings is 1. The first kappa shape index (κ1) is 28.6. The van der Waals surface area contributed by atoms with Gasteiger partial charge >= 0.3 is 6.09 Å². The van der Waals surface area contributed by atoms with Crippen LogP contribution < -0.4 is 15.8 Å². The van der Waals surface area contributed by atoms with Gasteiger partial charge in [0, 0.05) is 57.2 Å². The van der Waals surface area contributed by atoms with E-state index in [-0.39, 0.29) is 23.7 Å². The number of halogens is 1. The molecule has 2 N–H and O–H groups in total. The second-order valence-electron chi connectivity index (χ2n) is 12.7. The van der Waals surface area contributed by atoms with E-state index in [1.165, 1.54) is 10.9 Å². The molecule has 1 aromatic carbocycles. The molecule has 2 unspecified atom stereocenters. The molecule has 222 valence electrons. The molecule has 42 heavy (non-hydrogen) atoms. The molecule has 11 nitrogen and oxygen atoms in total. The van der Waals surface area contributed by atoms with Crippen LogP contribution in [-0.2, 0) is 18.5 Å². The first-order valence-corrected chi connectivity index (χ1v) is 18.4. The molecule has 2 fully saturated rings. The number of amides is 1. The number of carbonyl (C=O) groups is 1. The number of rotatable bonds is 8. The average Bonchev–Trinajstić information content (AvgIpc) is 3.41. The first-order valence-electron chi connectivity index (χ1n) is 14.4. The normalized spacial score (nSPS) is 20.5. The number of aromatic nitrogens is 5. The lowest BCUT2D eigenvalue weighted by molar-refractivity contribution is 0.0899. The summed E-state index contributed by atoms with van der Waals surface area (Å²) in [5, 5.41) is 12.6. The topological polar surface area (TPSA) is 127 Å². The first-order chi connectivity index (χ1) is 20.0. The lowest BCUT2D eigenvalue weighted by atomic mass is 9.97. The summed E-state index contributed by atoms with van der Waals surface area (Å²) in [7, 11) is 0.393. The largest absolute Gasteiger partial charge is 0.465 e. The monoisotopic (exact) mass is 609 g/mol. The van der Waals surface area contributed by atoms with Crippen LogP contribution >= 0.6 is 11.6 Å². The zero-order chi connectivity index (χ0) is 29.8. The molecule has 0 saturated carbocycles. The molecule has 6 rings (SSSR count). The van der Waals surface area contributed by atoms with E-state index in [1.807, 2.05) is 16.8 Å². The van der Waals surface area contributed by atoms with E-state index in [0.717, 1.165) is 43.1 Å². The average molecular weight is 610 g/mol. The summed E-state index contributed by atoms with van der Waals surface area (Å²) in [5.41, 5.74) is 3.12. The van der Waals surface area contributed by atoms with Crippen LogP contribution in [-0.4, -0.2) is 68.1 Å². The third kappa shape index (κ3) is 5.38. The summed E-state index contributed by atoms with van der Waals surface area (Å²) in [6.07, 6.45) is 7.73. The van der Waals surface area contributed by atoms with Crippen LogP contribution in [0.2, 0.25) is 30.7 Å². The van der Waals surface area contributed by atoms with Crippen molar-refractivity contribution in [2.45, 2.75) is 76.2 Å². The van der Waals surface area contributed by atoms with Gasteiger partial charge in [-0.05, 0) is 37.8 Å². The lowest BCUT2D eigenvalue weighted by Gasteiger charge is -2.39. The van der Waals surface area contributed by atoms with Gasteiger partial charge in [-0.2, -0.15) is 0 Å². The quantitative estimate of drug-likeness (QED) is 0.209. The van der Waals surface area contributed by atoms with Crippen LogP contribution in [0.15, 0.2) is 35.6 Å². The molecule has 5 heterocycles. The minimum absolute atomic E-state index is 0.0552. The smallest absolute Gasteiger partial charge is 0.404 e. The number of nitrogens with zero attached hydrogens (tertiary/aromatic N) is 6. The van der Waals surface area contributed by atoms with Crippen LogP contribution in [0.5, 0.6) is 0 Å². The Bertz CT molecular complexity index is 1720. The molecule has 2 atom stereocenters. The molecule has 0 spiro atoms. The lowest BCUT2D eigenvalue weighted by Crippen LogP contribution is -2.50. The fourth-order valence-electron chi connectivity index (χ4n) is 6.31. The number of hydrogen-bond acceptors (Lipinski definition) is 7. The Morgan fingerprint density at radius 2 is 1.90 bits per heavy atom. The van der Waals surface area contributed by atoms with Crippen molar-refractivity contribution in [3.63, 3.8) is 0 Å². The van der Waals surface area contributed by atoms with E-state index in [0.29, 0.717) is 46.0 Å². The van der Waals surface area contributed by atoms with Gasteiger partial charge in [0.1, 0.15) is 18.1 Å². The highest BCUT2D eigenvalue weighted by atomic mass is 35.5. The Balaban J connectivity index is 1.40. The van der Waals surface area contributed by atoms with E-state index in [4.69, 9.17) is 26.3 Å². The summed E-state index contributed by atoms with van der Waals surface area (Å²) in [6.45, 7) is 7.93. The van der Waals surface area contributed by atoms with Gasteiger partial charge in [-0.25, -0.2) is 19.7 Å². The van der Waals surface area contributed by atoms with E-state index in [9.17, 15) is 14.7 Å². The van der Waals surface area contributed by atoms with Crippen molar-refractivity contribution in [3.05, 3.63) is 46.2 Å². The van der Waals surface area contributed by atoms with Crippen molar-refractivity contribution in [2.75, 3.05) is 11.5 Å². The molecule has 2 aliphatic heterocycles. The predicted octanol–water partition coefficient (Wildman–Crippen LogP) is 5.08. The summed E-state index contributed by atoms with van der Waals surface area (Å²) in [5.74, 6) is 0.777. The maximum atomic E-state index is 13.0. The minimum atomic E-state index is -1.26. The second-order valence-corrected chi connectivity index (χ2v) is 18.7. The molecule has 2 bridgehead atoms. The van der Waals surface area contributed by atoms with Crippen LogP contribution in [0.1, 0.15) is 25.7 Å². The SMILES string of the molecule is Cn1cnc2ccc(-c3cn(COCC[Si](C)(C)C)c4nc(N5C6CCC5CC(NC(=O)O)C6)cnc34)c(Cl)c2c1=O. The van der Waals surface area contributed by atoms with E-state index >= 15 is 0 Å². The standard InChI is InChI=1S/C29H36ClN7O4Si/c1-35-15-32-22-8-7-20(25(30)24(22)28(35)38)21-14-36(16-41-9-10-42(2,3)4)27-26(21)31-13-23(34-27)37-18-5-6-19(37)12-17(11-18)33-29(39)40/h7-8,13-15,17-19,33H,5-6,9-12,16H2,1-4H3,(H,39,40). The van der Waals surface area contributed by atoms with E-state index in [2.05, 4.69) is 34.8 Å². The number of ether oxygens (including phenoxy) is 1. The third-order valence-corrected chi connectivity index (χ3v) is 10.5. The van der Waals surface area contributed by atoms with Crippen molar-refractivity contribution in [3.8, 4) is 11.1 Å². The van der Waals surface area contributed by atoms with Crippen LogP contribution in [0.3, 0.4) is 0 Å². The molecule has 1 amide bonds. The van der Waals surface area contributed by atoms with E-state index in [1.54, 1.807) is 19.3 Å². The summed E-state index contributed by atoms with van der Waals surface area (Å²) < 4.78 is 9.52. The van der Waals surface area contributed by atoms with Crippen molar-refractivity contribution in [1.29, 1.82) is 0 Å². The predicted molar refractivity (Wildman–Crippen MR) is 166 cm³/mol. The Morgan fingerprint density at radius 3 is 2.60 bits per heavy atom. The molecule has 2 aliphatic rings. The summed E-state index contributed by atoms with van der Waals surface area (Å²) >= 11 is 6.90. The molecular formula is C29H36ClN7O4Si. The molecule has 0 aliphatic carbocycles. The maximum Gasteiger partial charge on any atom is 0.404 e. The molecule has 4 aromatic rings.